The van der Waals surface area contributed by atoms with Gasteiger partial charge in [0.1, 0.15) is 5.75 Å². The van der Waals surface area contributed by atoms with E-state index < -0.39 is 0 Å². The average Bonchev–Trinajstić information content (AvgIpc) is 2.88. The summed E-state index contributed by atoms with van der Waals surface area (Å²) in [5, 5.41) is 3.54. The number of amides is 1. The summed E-state index contributed by atoms with van der Waals surface area (Å²) in [6.07, 6.45) is 2.89. The van der Waals surface area contributed by atoms with Crippen LogP contribution in [0.5, 0.6) is 23.5 Å². The topological polar surface area (TPSA) is 85.8 Å². The number of carbonyl (C=O) groups excluding carboxylic acids is 1. The first kappa shape index (κ1) is 22.5. The van der Waals surface area contributed by atoms with Gasteiger partial charge in [0.05, 0.1) is 32.0 Å². The number of para-hydroxylation sites is 1. The van der Waals surface area contributed by atoms with Crippen molar-refractivity contribution >= 4 is 5.91 Å². The van der Waals surface area contributed by atoms with Crippen molar-refractivity contribution in [2.45, 2.75) is 32.0 Å². The normalized spacial score (nSPS) is 15.7. The first-order valence-electron chi connectivity index (χ1n) is 11.0. The molecule has 0 aliphatic carbocycles. The smallest absolute Gasteiger partial charge is 0.328 e. The number of benzene rings is 2. The highest BCUT2D eigenvalue weighted by atomic mass is 16.5. The predicted octanol–water partition coefficient (Wildman–Crippen LogP) is 4.03. The van der Waals surface area contributed by atoms with Crippen LogP contribution in [-0.4, -0.2) is 47.7 Å². The van der Waals surface area contributed by atoms with Crippen molar-refractivity contribution in [1.82, 2.24) is 20.2 Å². The van der Waals surface area contributed by atoms with Gasteiger partial charge in [-0.05, 0) is 37.0 Å². The zero-order chi connectivity index (χ0) is 23.0. The van der Waals surface area contributed by atoms with Crippen molar-refractivity contribution in [1.29, 1.82) is 0 Å². The molecule has 0 radical (unpaired) electrons. The number of carbonyl (C=O) groups is 1. The Balaban J connectivity index is 1.54. The van der Waals surface area contributed by atoms with E-state index in [1.54, 1.807) is 18.2 Å². The Morgan fingerprint density at radius 3 is 2.42 bits per heavy atom. The Bertz CT molecular complexity index is 1050. The van der Waals surface area contributed by atoms with Crippen LogP contribution in [-0.2, 0) is 6.54 Å². The maximum Gasteiger partial charge on any atom is 0.328 e. The van der Waals surface area contributed by atoms with Crippen molar-refractivity contribution in [3.63, 3.8) is 0 Å². The fourth-order valence-corrected chi connectivity index (χ4v) is 3.84. The van der Waals surface area contributed by atoms with Gasteiger partial charge in [-0.3, -0.25) is 10.1 Å². The van der Waals surface area contributed by atoms with Crippen LogP contribution in [0.2, 0.25) is 0 Å². The number of hydrogen-bond acceptors (Lipinski definition) is 7. The minimum absolute atomic E-state index is 0.0452. The van der Waals surface area contributed by atoms with Gasteiger partial charge in [0.25, 0.3) is 5.91 Å². The monoisotopic (exact) mass is 448 g/mol. The number of ether oxygens (including phenoxy) is 3. The van der Waals surface area contributed by atoms with E-state index in [-0.39, 0.29) is 18.1 Å². The summed E-state index contributed by atoms with van der Waals surface area (Å²) in [5.41, 5.74) is 1.64. The molecular formula is C25H28N4O4. The molecule has 2 aromatic carbocycles. The van der Waals surface area contributed by atoms with Gasteiger partial charge >= 0.3 is 6.01 Å². The molecule has 8 heteroatoms. The Morgan fingerprint density at radius 2 is 1.70 bits per heavy atom. The van der Waals surface area contributed by atoms with Crippen LogP contribution in [0.4, 0.5) is 0 Å². The second-order valence-electron chi connectivity index (χ2n) is 7.71. The number of nitrogens with zero attached hydrogens (tertiary/aromatic N) is 3. The minimum Gasteiger partial charge on any atom is -0.481 e. The summed E-state index contributed by atoms with van der Waals surface area (Å²) in [5.74, 6) is 0.902. The molecule has 1 atom stereocenters. The fourth-order valence-electron chi connectivity index (χ4n) is 3.84. The second kappa shape index (κ2) is 10.8. The predicted molar refractivity (Wildman–Crippen MR) is 124 cm³/mol. The van der Waals surface area contributed by atoms with Gasteiger partial charge in [-0.1, -0.05) is 42.5 Å². The first-order chi connectivity index (χ1) is 16.2. The lowest BCUT2D eigenvalue weighted by Crippen LogP contribution is -2.51. The van der Waals surface area contributed by atoms with E-state index in [1.807, 2.05) is 35.2 Å². The summed E-state index contributed by atoms with van der Waals surface area (Å²) in [6.45, 7) is 1.38. The standard InChI is InChI=1S/C25H28N4O4/c1-31-22-16-23(32-2)28-25(27-22)33-20-13-7-6-12-19(20)24(30)29-15-9-8-14-21(29)26-17-18-10-4-3-5-11-18/h3-7,10-13,16,21,26H,8-9,14-15,17H2,1-2H3. The molecule has 0 bridgehead atoms. The van der Waals surface area contributed by atoms with Crippen molar-refractivity contribution < 1.29 is 19.0 Å². The lowest BCUT2D eigenvalue weighted by Gasteiger charge is -2.36. The van der Waals surface area contributed by atoms with Crippen LogP contribution in [0.25, 0.3) is 0 Å². The second-order valence-corrected chi connectivity index (χ2v) is 7.71. The molecule has 0 saturated carbocycles. The molecule has 1 fully saturated rings. The summed E-state index contributed by atoms with van der Waals surface area (Å²) in [4.78, 5) is 23.9. The third-order valence-corrected chi connectivity index (χ3v) is 5.54. The maximum absolute atomic E-state index is 13.6. The van der Waals surface area contributed by atoms with Crippen LogP contribution in [0.1, 0.15) is 35.2 Å². The van der Waals surface area contributed by atoms with Gasteiger partial charge in [-0.2, -0.15) is 9.97 Å². The molecule has 172 valence electrons. The summed E-state index contributed by atoms with van der Waals surface area (Å²) in [6, 6.07) is 18.9. The summed E-state index contributed by atoms with van der Waals surface area (Å²) < 4.78 is 16.3. The highest BCUT2D eigenvalue weighted by Gasteiger charge is 2.29. The van der Waals surface area contributed by atoms with Crippen LogP contribution in [0.3, 0.4) is 0 Å². The number of piperidine rings is 1. The van der Waals surface area contributed by atoms with Gasteiger partial charge < -0.3 is 19.1 Å². The number of likely N-dealkylation sites (tertiary alicyclic amines) is 1. The zero-order valence-corrected chi connectivity index (χ0v) is 18.9. The third-order valence-electron chi connectivity index (χ3n) is 5.54. The van der Waals surface area contributed by atoms with E-state index in [4.69, 9.17) is 14.2 Å². The number of rotatable bonds is 8. The lowest BCUT2D eigenvalue weighted by molar-refractivity contribution is 0.0556. The van der Waals surface area contributed by atoms with Gasteiger partial charge in [0.15, 0.2) is 0 Å². The van der Waals surface area contributed by atoms with E-state index in [1.165, 1.54) is 19.8 Å². The number of nitrogens with one attached hydrogen (secondary N) is 1. The molecule has 2 heterocycles. The largest absolute Gasteiger partial charge is 0.481 e. The van der Waals surface area contributed by atoms with E-state index >= 15 is 0 Å². The number of aromatic nitrogens is 2. The van der Waals surface area contributed by atoms with Gasteiger partial charge in [-0.25, -0.2) is 0 Å². The third kappa shape index (κ3) is 5.59. The van der Waals surface area contributed by atoms with Crippen molar-refractivity contribution in [2.75, 3.05) is 20.8 Å². The van der Waals surface area contributed by atoms with Crippen molar-refractivity contribution in [3.05, 3.63) is 71.8 Å². The highest BCUT2D eigenvalue weighted by Crippen LogP contribution is 2.29. The fraction of sp³-hybridized carbons (Fsp3) is 0.320. The zero-order valence-electron chi connectivity index (χ0n) is 18.9. The number of hydrogen-bond donors (Lipinski definition) is 1. The van der Waals surface area contributed by atoms with Gasteiger partial charge in [0, 0.05) is 13.1 Å². The molecule has 1 aliphatic heterocycles. The van der Waals surface area contributed by atoms with Crippen LogP contribution in [0, 0.1) is 0 Å². The average molecular weight is 449 g/mol. The summed E-state index contributed by atoms with van der Waals surface area (Å²) >= 11 is 0. The molecular weight excluding hydrogens is 420 g/mol. The van der Waals surface area contributed by atoms with Crippen molar-refractivity contribution in [2.24, 2.45) is 0 Å². The molecule has 1 aliphatic rings. The lowest BCUT2D eigenvalue weighted by atomic mass is 10.0. The summed E-state index contributed by atoms with van der Waals surface area (Å²) in [7, 11) is 3.00. The van der Waals surface area contributed by atoms with Gasteiger partial charge in [0.2, 0.25) is 11.8 Å². The molecule has 1 aromatic heterocycles. The molecule has 8 nitrogen and oxygen atoms in total. The first-order valence-corrected chi connectivity index (χ1v) is 11.0. The SMILES string of the molecule is COc1cc(OC)nc(Oc2ccccc2C(=O)N2CCCCC2NCc2ccccc2)n1. The van der Waals surface area contributed by atoms with Crippen molar-refractivity contribution in [3.8, 4) is 23.5 Å². The Hall–Kier alpha value is -3.65. The quantitative estimate of drug-likeness (QED) is 0.557. The number of methoxy groups -OCH3 is 2. The Kier molecular flexibility index (Phi) is 7.36. The Labute approximate surface area is 193 Å². The Morgan fingerprint density at radius 1 is 1.00 bits per heavy atom. The molecule has 3 aromatic rings. The minimum atomic E-state index is -0.0919. The molecule has 1 unspecified atom stereocenters. The van der Waals surface area contributed by atoms with E-state index in [9.17, 15) is 4.79 Å². The molecule has 33 heavy (non-hydrogen) atoms. The maximum atomic E-state index is 13.6. The molecule has 1 N–H and O–H groups in total. The van der Waals surface area contributed by atoms with Crippen LogP contribution < -0.4 is 19.5 Å². The van der Waals surface area contributed by atoms with E-state index in [0.29, 0.717) is 36.2 Å². The van der Waals surface area contributed by atoms with Crippen LogP contribution in [0.15, 0.2) is 60.7 Å². The van der Waals surface area contributed by atoms with E-state index in [0.717, 1.165) is 19.3 Å². The van der Waals surface area contributed by atoms with E-state index in [2.05, 4.69) is 27.4 Å². The van der Waals surface area contributed by atoms with Gasteiger partial charge in [-0.15, -0.1) is 0 Å². The molecule has 1 saturated heterocycles. The molecule has 1 amide bonds. The highest BCUT2D eigenvalue weighted by molar-refractivity contribution is 5.97. The molecule has 0 spiro atoms. The molecule has 4 rings (SSSR count). The van der Waals surface area contributed by atoms with Crippen LogP contribution >= 0.6 is 0 Å².